The summed E-state index contributed by atoms with van der Waals surface area (Å²) in [4.78, 5) is 11.6. The van der Waals surface area contributed by atoms with E-state index in [2.05, 4.69) is 12.6 Å². The van der Waals surface area contributed by atoms with Gasteiger partial charge in [-0.15, -0.1) is 12.6 Å². The number of hydrogen-bond donors (Lipinski definition) is 2. The van der Waals surface area contributed by atoms with Crippen LogP contribution in [-0.4, -0.2) is 12.3 Å². The molecule has 0 saturated heterocycles. The van der Waals surface area contributed by atoms with Gasteiger partial charge in [0.1, 0.15) is 0 Å². The van der Waals surface area contributed by atoms with E-state index >= 15 is 0 Å². The zero-order chi connectivity index (χ0) is 13.7. The molecular formula is C16H19NOS. The molecule has 2 N–H and O–H groups in total. The molecule has 0 bridgehead atoms. The first kappa shape index (κ1) is 14.1. The van der Waals surface area contributed by atoms with Crippen LogP contribution in [0.1, 0.15) is 36.0 Å². The molecule has 100 valence electrons. The van der Waals surface area contributed by atoms with E-state index < -0.39 is 0 Å². The quantitative estimate of drug-likeness (QED) is 0.612. The number of hydrogen-bond acceptors (Lipinski definition) is 3. The van der Waals surface area contributed by atoms with Gasteiger partial charge in [-0.2, -0.15) is 0 Å². The molecule has 0 aliphatic heterocycles. The minimum Gasteiger partial charge on any atom is -0.328 e. The van der Waals surface area contributed by atoms with Crippen LogP contribution in [0, 0.1) is 0 Å². The third-order valence-corrected chi connectivity index (χ3v) is 3.85. The van der Waals surface area contributed by atoms with Crippen molar-refractivity contribution in [3.05, 3.63) is 42.0 Å². The lowest BCUT2D eigenvalue weighted by Gasteiger charge is -2.02. The van der Waals surface area contributed by atoms with Crippen molar-refractivity contribution in [1.29, 1.82) is 0 Å². The molecule has 1 aliphatic carbocycles. The van der Waals surface area contributed by atoms with E-state index in [9.17, 15) is 4.79 Å². The molecule has 0 unspecified atom stereocenters. The summed E-state index contributed by atoms with van der Waals surface area (Å²) in [5.41, 5.74) is 6.25. The number of benzene rings is 2. The topological polar surface area (TPSA) is 43.1 Å². The fraction of sp³-hybridized carbons (Fsp3) is 0.312. The summed E-state index contributed by atoms with van der Waals surface area (Å²) < 4.78 is 0. The Kier molecular flexibility index (Phi) is 5.00. The Balaban J connectivity index is 0.000000186. The number of rotatable bonds is 1. The van der Waals surface area contributed by atoms with Gasteiger partial charge in [0.15, 0.2) is 6.29 Å². The molecule has 1 fully saturated rings. The second-order valence-corrected chi connectivity index (χ2v) is 5.36. The number of carbonyl (C=O) groups is 1. The Morgan fingerprint density at radius 1 is 1.05 bits per heavy atom. The highest BCUT2D eigenvalue weighted by Crippen LogP contribution is 2.23. The lowest BCUT2D eigenvalue weighted by atomic mass is 10.1. The highest BCUT2D eigenvalue weighted by atomic mass is 32.1. The Labute approximate surface area is 119 Å². The van der Waals surface area contributed by atoms with Crippen LogP contribution in [0.15, 0.2) is 41.3 Å². The molecule has 2 aromatic carbocycles. The van der Waals surface area contributed by atoms with Crippen molar-refractivity contribution < 1.29 is 4.79 Å². The van der Waals surface area contributed by atoms with Gasteiger partial charge in [0.25, 0.3) is 0 Å². The monoisotopic (exact) mass is 273 g/mol. The van der Waals surface area contributed by atoms with Crippen LogP contribution >= 0.6 is 12.6 Å². The van der Waals surface area contributed by atoms with Crippen molar-refractivity contribution in [2.24, 2.45) is 5.73 Å². The second-order valence-electron chi connectivity index (χ2n) is 4.88. The molecule has 1 saturated carbocycles. The van der Waals surface area contributed by atoms with Crippen LogP contribution in [0.4, 0.5) is 0 Å². The zero-order valence-corrected chi connectivity index (χ0v) is 11.8. The maximum atomic E-state index is 10.7. The summed E-state index contributed by atoms with van der Waals surface area (Å²) in [5.74, 6) is 0. The molecule has 0 amide bonds. The summed E-state index contributed by atoms with van der Waals surface area (Å²) in [5, 5.41) is 1.99. The molecule has 3 heteroatoms. The van der Waals surface area contributed by atoms with Crippen molar-refractivity contribution in [3.8, 4) is 0 Å². The van der Waals surface area contributed by atoms with Crippen molar-refractivity contribution in [2.45, 2.75) is 36.6 Å². The largest absolute Gasteiger partial charge is 0.328 e. The first-order chi connectivity index (χ1) is 9.22. The predicted octanol–water partition coefficient (Wildman–Crippen LogP) is 3.83. The maximum absolute atomic E-state index is 10.7. The summed E-state index contributed by atoms with van der Waals surface area (Å²) >= 11 is 4.32. The Morgan fingerprint density at radius 3 is 2.21 bits per heavy atom. The summed E-state index contributed by atoms with van der Waals surface area (Å²) in [6.45, 7) is 0. The van der Waals surface area contributed by atoms with Gasteiger partial charge in [0.05, 0.1) is 0 Å². The number of aldehydes is 1. The fourth-order valence-electron chi connectivity index (χ4n) is 2.37. The number of carbonyl (C=O) groups excluding carboxylic acids is 1. The van der Waals surface area contributed by atoms with Crippen LogP contribution in [0.2, 0.25) is 0 Å². The van der Waals surface area contributed by atoms with Gasteiger partial charge >= 0.3 is 0 Å². The third kappa shape index (κ3) is 3.58. The van der Waals surface area contributed by atoms with E-state index in [4.69, 9.17) is 5.73 Å². The first-order valence-electron chi connectivity index (χ1n) is 6.64. The fourth-order valence-corrected chi connectivity index (χ4v) is 2.64. The molecule has 0 spiro atoms. The average Bonchev–Trinajstić information content (AvgIpc) is 2.92. The Hall–Kier alpha value is -1.32. The van der Waals surface area contributed by atoms with E-state index in [1.165, 1.54) is 25.7 Å². The van der Waals surface area contributed by atoms with Crippen LogP contribution in [0.5, 0.6) is 0 Å². The van der Waals surface area contributed by atoms with Gasteiger partial charge in [-0.3, -0.25) is 4.79 Å². The number of thiol groups is 1. The normalized spacial score (nSPS) is 15.1. The molecular weight excluding hydrogens is 254 g/mol. The molecule has 0 heterocycles. The average molecular weight is 273 g/mol. The first-order valence-corrected chi connectivity index (χ1v) is 7.08. The van der Waals surface area contributed by atoms with Gasteiger partial charge in [-0.1, -0.05) is 37.1 Å². The van der Waals surface area contributed by atoms with Crippen LogP contribution in [0.25, 0.3) is 10.8 Å². The Morgan fingerprint density at radius 2 is 1.68 bits per heavy atom. The van der Waals surface area contributed by atoms with E-state index in [1.807, 2.05) is 30.3 Å². The van der Waals surface area contributed by atoms with Crippen LogP contribution in [-0.2, 0) is 0 Å². The van der Waals surface area contributed by atoms with Crippen molar-refractivity contribution in [1.82, 2.24) is 0 Å². The molecule has 2 aromatic rings. The number of nitrogens with two attached hydrogens (primary N) is 1. The summed E-state index contributed by atoms with van der Waals surface area (Å²) in [6.07, 6.45) is 6.12. The van der Waals surface area contributed by atoms with Gasteiger partial charge in [0.2, 0.25) is 0 Å². The third-order valence-electron chi connectivity index (χ3n) is 3.46. The predicted molar refractivity (Wildman–Crippen MR) is 83.0 cm³/mol. The lowest BCUT2D eigenvalue weighted by Crippen LogP contribution is -2.13. The Bertz CT molecular complexity index is 562. The van der Waals surface area contributed by atoms with Crippen LogP contribution < -0.4 is 5.73 Å². The molecule has 0 radical (unpaired) electrons. The lowest BCUT2D eigenvalue weighted by molar-refractivity contribution is 0.112. The molecule has 0 aromatic heterocycles. The minimum atomic E-state index is 0.546. The van der Waals surface area contributed by atoms with Gasteiger partial charge in [-0.05, 0) is 35.7 Å². The SMILES string of the molecule is NC1CCCC1.O=Cc1ccc(S)c2ccccc12. The zero-order valence-electron chi connectivity index (χ0n) is 10.9. The van der Waals surface area contributed by atoms with E-state index in [0.717, 1.165) is 22.0 Å². The molecule has 0 atom stereocenters. The molecule has 2 nitrogen and oxygen atoms in total. The molecule has 3 rings (SSSR count). The van der Waals surface area contributed by atoms with E-state index in [-0.39, 0.29) is 0 Å². The van der Waals surface area contributed by atoms with Gasteiger partial charge < -0.3 is 5.73 Å². The second kappa shape index (κ2) is 6.73. The van der Waals surface area contributed by atoms with E-state index in [1.54, 1.807) is 6.07 Å². The van der Waals surface area contributed by atoms with E-state index in [0.29, 0.717) is 11.6 Å². The highest BCUT2D eigenvalue weighted by molar-refractivity contribution is 7.80. The van der Waals surface area contributed by atoms with Crippen molar-refractivity contribution in [2.75, 3.05) is 0 Å². The summed E-state index contributed by atoms with van der Waals surface area (Å²) in [6, 6.07) is 11.9. The van der Waals surface area contributed by atoms with Crippen molar-refractivity contribution >= 4 is 29.7 Å². The molecule has 1 aliphatic rings. The van der Waals surface area contributed by atoms with Gasteiger partial charge in [0, 0.05) is 16.5 Å². The van der Waals surface area contributed by atoms with Gasteiger partial charge in [-0.25, -0.2) is 0 Å². The molecule has 19 heavy (non-hydrogen) atoms. The smallest absolute Gasteiger partial charge is 0.150 e. The summed E-state index contributed by atoms with van der Waals surface area (Å²) in [7, 11) is 0. The highest BCUT2D eigenvalue weighted by Gasteiger charge is 2.07. The standard InChI is InChI=1S/C11H8OS.C5H11N/c12-7-8-5-6-11(13)10-4-2-1-3-9(8)10;6-5-3-1-2-4-5/h1-7,13H;5H,1-4,6H2. The minimum absolute atomic E-state index is 0.546. The maximum Gasteiger partial charge on any atom is 0.150 e. The van der Waals surface area contributed by atoms with Crippen molar-refractivity contribution in [3.63, 3.8) is 0 Å². The number of fused-ring (bicyclic) bond motifs is 1. The van der Waals surface area contributed by atoms with Crippen LogP contribution in [0.3, 0.4) is 0 Å².